The molecule has 0 atom stereocenters. The first-order valence-corrected chi connectivity index (χ1v) is 13.0. The monoisotopic (exact) mass is 556 g/mol. The van der Waals surface area contributed by atoms with Gasteiger partial charge < -0.3 is 10.6 Å². The number of hydrazone groups is 1. The van der Waals surface area contributed by atoms with Crippen LogP contribution >= 0.6 is 27.7 Å². The summed E-state index contributed by atoms with van der Waals surface area (Å²) in [5.41, 5.74) is 5.06. The lowest BCUT2D eigenvalue weighted by Crippen LogP contribution is -2.21. The minimum absolute atomic E-state index is 0.231. The Kier molecular flexibility index (Phi) is 10.5. The smallest absolute Gasteiger partial charge is 0.273 e. The first-order chi connectivity index (χ1) is 17.0. The topological polar surface area (TPSA) is 82.6 Å². The average Bonchev–Trinajstić information content (AvgIpc) is 2.85. The van der Waals surface area contributed by atoms with Crippen LogP contribution in [0.5, 0.6) is 0 Å². The van der Waals surface area contributed by atoms with Gasteiger partial charge in [0.25, 0.3) is 11.8 Å². The second kappa shape index (κ2) is 13.8. The van der Waals surface area contributed by atoms with E-state index in [1.54, 1.807) is 42.5 Å². The summed E-state index contributed by atoms with van der Waals surface area (Å²) in [6.07, 6.45) is 1.34. The number of benzene rings is 3. The van der Waals surface area contributed by atoms with Crippen LogP contribution < -0.4 is 16.1 Å². The molecule has 0 aliphatic heterocycles. The van der Waals surface area contributed by atoms with E-state index >= 15 is 0 Å². The van der Waals surface area contributed by atoms with Crippen molar-refractivity contribution in [3.8, 4) is 0 Å². The second-order valence-corrected chi connectivity index (χ2v) is 9.78. The van der Waals surface area contributed by atoms with Crippen molar-refractivity contribution in [3.05, 3.63) is 99.3 Å². The van der Waals surface area contributed by atoms with Crippen LogP contribution in [0.1, 0.15) is 38.8 Å². The predicted molar refractivity (Wildman–Crippen MR) is 145 cm³/mol. The molecule has 3 aromatic carbocycles. The number of carbonyl (C=O) groups is 2. The van der Waals surface area contributed by atoms with Crippen LogP contribution in [0.2, 0.25) is 0 Å². The van der Waals surface area contributed by atoms with Crippen molar-refractivity contribution in [3.63, 3.8) is 0 Å². The maximum atomic E-state index is 13.3. The number of hydrogen-bond donors (Lipinski definition) is 3. The Balaban J connectivity index is 1.62. The van der Waals surface area contributed by atoms with Gasteiger partial charge in [0, 0.05) is 28.9 Å². The van der Waals surface area contributed by atoms with Gasteiger partial charge in [-0.15, -0.1) is 0 Å². The molecule has 0 saturated carbocycles. The molecule has 0 aliphatic carbocycles. The van der Waals surface area contributed by atoms with Gasteiger partial charge in [0.2, 0.25) is 0 Å². The third-order valence-electron chi connectivity index (χ3n) is 4.88. The molecule has 3 N–H and O–H groups in total. The van der Waals surface area contributed by atoms with Gasteiger partial charge in [-0.2, -0.15) is 16.9 Å². The number of nitrogens with zero attached hydrogens (tertiary/aromatic N) is 1. The Morgan fingerprint density at radius 2 is 1.86 bits per heavy atom. The molecule has 0 aliphatic rings. The van der Waals surface area contributed by atoms with Crippen LogP contribution in [0.4, 0.5) is 10.1 Å². The molecular weight excluding hydrogens is 531 g/mol. The highest BCUT2D eigenvalue weighted by atomic mass is 79.9. The molecule has 0 heterocycles. The Morgan fingerprint density at radius 3 is 2.60 bits per heavy atom. The van der Waals surface area contributed by atoms with Crippen molar-refractivity contribution in [1.29, 1.82) is 0 Å². The van der Waals surface area contributed by atoms with Gasteiger partial charge in [-0.3, -0.25) is 9.59 Å². The fraction of sp³-hybridized carbons (Fsp3) is 0.192. The van der Waals surface area contributed by atoms with E-state index in [2.05, 4.69) is 44.0 Å². The summed E-state index contributed by atoms with van der Waals surface area (Å²) in [5.74, 6) is 0.930. The molecule has 182 valence electrons. The van der Waals surface area contributed by atoms with Gasteiger partial charge in [0.05, 0.1) is 17.5 Å². The highest BCUT2D eigenvalue weighted by Crippen LogP contribution is 2.22. The van der Waals surface area contributed by atoms with Gasteiger partial charge >= 0.3 is 0 Å². The number of amides is 2. The fourth-order valence-corrected chi connectivity index (χ4v) is 4.05. The maximum Gasteiger partial charge on any atom is 0.273 e. The Morgan fingerprint density at radius 1 is 1.06 bits per heavy atom. The van der Waals surface area contributed by atoms with Crippen molar-refractivity contribution >= 4 is 51.4 Å². The van der Waals surface area contributed by atoms with Crippen molar-refractivity contribution in [2.75, 3.05) is 23.4 Å². The lowest BCUT2D eigenvalue weighted by Gasteiger charge is -2.11. The summed E-state index contributed by atoms with van der Waals surface area (Å²) >= 11 is 5.24. The van der Waals surface area contributed by atoms with Crippen LogP contribution in [0.15, 0.2) is 76.3 Å². The summed E-state index contributed by atoms with van der Waals surface area (Å²) in [6, 6.07) is 18.1. The number of hydrogen-bond acceptors (Lipinski definition) is 5. The molecule has 9 heteroatoms. The summed E-state index contributed by atoms with van der Waals surface area (Å²) in [7, 11) is 0. The quantitative estimate of drug-likeness (QED) is 0.167. The van der Waals surface area contributed by atoms with Gasteiger partial charge in [-0.1, -0.05) is 47.1 Å². The normalized spacial score (nSPS) is 10.9. The zero-order chi connectivity index (χ0) is 25.0. The Labute approximate surface area is 216 Å². The van der Waals surface area contributed by atoms with E-state index in [4.69, 9.17) is 0 Å². The van der Waals surface area contributed by atoms with Gasteiger partial charge in [-0.25, -0.2) is 9.82 Å². The highest BCUT2D eigenvalue weighted by Gasteiger charge is 2.15. The molecule has 0 spiro atoms. The number of nitrogens with one attached hydrogen (secondary N) is 3. The van der Waals surface area contributed by atoms with Crippen LogP contribution in [0, 0.1) is 5.82 Å². The molecule has 3 rings (SSSR count). The summed E-state index contributed by atoms with van der Waals surface area (Å²) < 4.78 is 14.0. The largest absolute Gasteiger partial charge is 0.321 e. The molecule has 2 amide bonds. The molecule has 0 radical (unpaired) electrons. The van der Waals surface area contributed by atoms with E-state index in [0.717, 1.165) is 30.2 Å². The number of carbonyl (C=O) groups excluding carboxylic acids is 2. The lowest BCUT2D eigenvalue weighted by molar-refractivity contribution is 0.0956. The molecule has 0 unspecified atom stereocenters. The standard InChI is InChI=1S/C26H26BrFN4O2S/c1-2-35-13-12-29-16-18-6-8-20(9-7-18)25(33)31-24-11-10-21(27)15-23(24)26(34)32-30-17-19-4-3-5-22(28)14-19/h3-11,14-15,17,29H,2,12-13,16H2,1H3,(H,31,33)(H,32,34). The lowest BCUT2D eigenvalue weighted by atomic mass is 10.1. The molecule has 0 bridgehead atoms. The van der Waals surface area contributed by atoms with E-state index in [0.29, 0.717) is 21.3 Å². The third kappa shape index (κ3) is 8.61. The first kappa shape index (κ1) is 26.6. The number of rotatable bonds is 11. The summed E-state index contributed by atoms with van der Waals surface area (Å²) in [4.78, 5) is 25.5. The van der Waals surface area contributed by atoms with E-state index in [9.17, 15) is 14.0 Å². The van der Waals surface area contributed by atoms with Crippen LogP contribution in [-0.2, 0) is 6.54 Å². The number of thioether (sulfide) groups is 1. The second-order valence-electron chi connectivity index (χ2n) is 7.47. The number of anilines is 1. The predicted octanol–water partition coefficient (Wildman–Crippen LogP) is 5.45. The van der Waals surface area contributed by atoms with Crippen molar-refractivity contribution in [2.45, 2.75) is 13.5 Å². The van der Waals surface area contributed by atoms with Gasteiger partial charge in [0.15, 0.2) is 0 Å². The van der Waals surface area contributed by atoms with E-state index < -0.39 is 11.7 Å². The maximum absolute atomic E-state index is 13.3. The van der Waals surface area contributed by atoms with Gasteiger partial charge in [-0.05, 0) is 59.3 Å². The highest BCUT2D eigenvalue weighted by molar-refractivity contribution is 9.10. The van der Waals surface area contributed by atoms with Crippen LogP contribution in [-0.4, -0.2) is 36.1 Å². The van der Waals surface area contributed by atoms with Gasteiger partial charge in [0.1, 0.15) is 5.82 Å². The summed E-state index contributed by atoms with van der Waals surface area (Å²) in [6.45, 7) is 3.81. The molecule has 6 nitrogen and oxygen atoms in total. The molecule has 0 saturated heterocycles. The molecule has 0 fully saturated rings. The molecule has 35 heavy (non-hydrogen) atoms. The third-order valence-corrected chi connectivity index (χ3v) is 6.27. The van der Waals surface area contributed by atoms with E-state index in [1.807, 2.05) is 23.9 Å². The van der Waals surface area contributed by atoms with Crippen LogP contribution in [0.3, 0.4) is 0 Å². The molecule has 0 aromatic heterocycles. The molecular formula is C26H26BrFN4O2S. The fourth-order valence-electron chi connectivity index (χ4n) is 3.12. The first-order valence-electron chi connectivity index (χ1n) is 11.0. The Bertz CT molecular complexity index is 1190. The van der Waals surface area contributed by atoms with E-state index in [1.165, 1.54) is 18.3 Å². The average molecular weight is 557 g/mol. The SMILES string of the molecule is CCSCCNCc1ccc(C(=O)Nc2ccc(Br)cc2C(=O)NN=Cc2cccc(F)c2)cc1. The zero-order valence-corrected chi connectivity index (χ0v) is 21.6. The minimum atomic E-state index is -0.517. The Hall–Kier alpha value is -3.01. The molecule has 3 aromatic rings. The van der Waals surface area contributed by atoms with Crippen molar-refractivity contribution in [1.82, 2.24) is 10.7 Å². The minimum Gasteiger partial charge on any atom is -0.321 e. The van der Waals surface area contributed by atoms with Crippen LogP contribution in [0.25, 0.3) is 0 Å². The van der Waals surface area contributed by atoms with E-state index in [-0.39, 0.29) is 11.5 Å². The van der Waals surface area contributed by atoms with Crippen molar-refractivity contribution < 1.29 is 14.0 Å². The summed E-state index contributed by atoms with van der Waals surface area (Å²) in [5, 5.41) is 10.1. The van der Waals surface area contributed by atoms with Crippen molar-refractivity contribution in [2.24, 2.45) is 5.10 Å². The zero-order valence-electron chi connectivity index (χ0n) is 19.2. The number of halogens is 2.